The number of aromatic nitrogens is 2. The summed E-state index contributed by atoms with van der Waals surface area (Å²) in [6.45, 7) is 8.59. The predicted molar refractivity (Wildman–Crippen MR) is 129 cm³/mol. The highest BCUT2D eigenvalue weighted by molar-refractivity contribution is 5.94. The molecule has 1 heterocycles. The zero-order chi connectivity index (χ0) is 23.1. The molecule has 0 atom stereocenters. The summed E-state index contributed by atoms with van der Waals surface area (Å²) < 4.78 is 1.77. The fourth-order valence-corrected chi connectivity index (χ4v) is 3.67. The van der Waals surface area contributed by atoms with Gasteiger partial charge in [-0.05, 0) is 31.9 Å². The third kappa shape index (κ3) is 5.63. The van der Waals surface area contributed by atoms with Gasteiger partial charge in [0.15, 0.2) is 0 Å². The molecular weight excluding hydrogens is 400 g/mol. The maximum atomic E-state index is 12.9. The smallest absolute Gasteiger partial charge is 0.245 e. The molecule has 0 fully saturated rings. The van der Waals surface area contributed by atoms with Gasteiger partial charge >= 0.3 is 0 Å². The number of rotatable bonds is 9. The van der Waals surface area contributed by atoms with E-state index in [1.165, 1.54) is 0 Å². The number of nitrogens with zero attached hydrogens (tertiary/aromatic N) is 3. The van der Waals surface area contributed by atoms with E-state index in [1.807, 2.05) is 69.3 Å². The summed E-state index contributed by atoms with van der Waals surface area (Å²) in [4.78, 5) is 26.9. The maximum absolute atomic E-state index is 12.9. The van der Waals surface area contributed by atoms with Crippen LogP contribution in [0.15, 0.2) is 54.6 Å². The van der Waals surface area contributed by atoms with Crippen LogP contribution < -0.4 is 5.32 Å². The Balaban J connectivity index is 1.92. The Morgan fingerprint density at radius 1 is 1.03 bits per heavy atom. The molecule has 1 aromatic heterocycles. The third-order valence-electron chi connectivity index (χ3n) is 5.40. The first-order valence-electron chi connectivity index (χ1n) is 11.2. The van der Waals surface area contributed by atoms with Crippen LogP contribution in [0.1, 0.15) is 44.2 Å². The zero-order valence-electron chi connectivity index (χ0n) is 19.4. The van der Waals surface area contributed by atoms with Gasteiger partial charge in [0, 0.05) is 24.6 Å². The number of carbonyl (C=O) groups is 2. The van der Waals surface area contributed by atoms with Gasteiger partial charge in [-0.25, -0.2) is 4.68 Å². The number of aryl methyl sites for hydroxylation is 2. The Hall–Kier alpha value is -3.41. The SMILES string of the molecule is CCCCN(CC(=O)Nc1cc(-c2ccccc2)nn1-c1ccc(C)cc1C)C(=O)CC. The van der Waals surface area contributed by atoms with Crippen LogP contribution in [-0.2, 0) is 9.59 Å². The van der Waals surface area contributed by atoms with E-state index >= 15 is 0 Å². The molecule has 3 rings (SSSR count). The Kier molecular flexibility index (Phi) is 7.82. The molecule has 32 heavy (non-hydrogen) atoms. The minimum Gasteiger partial charge on any atom is -0.333 e. The molecule has 0 saturated carbocycles. The lowest BCUT2D eigenvalue weighted by Gasteiger charge is -2.21. The highest BCUT2D eigenvalue weighted by Crippen LogP contribution is 2.26. The Morgan fingerprint density at radius 3 is 2.44 bits per heavy atom. The molecule has 3 aromatic rings. The molecule has 0 aliphatic rings. The minimum absolute atomic E-state index is 0.0125. The number of benzene rings is 2. The van der Waals surface area contributed by atoms with Crippen LogP contribution in [0.25, 0.3) is 16.9 Å². The van der Waals surface area contributed by atoms with Crippen LogP contribution in [0.2, 0.25) is 0 Å². The highest BCUT2D eigenvalue weighted by atomic mass is 16.2. The minimum atomic E-state index is -0.228. The highest BCUT2D eigenvalue weighted by Gasteiger charge is 2.19. The van der Waals surface area contributed by atoms with Crippen molar-refractivity contribution in [3.05, 3.63) is 65.7 Å². The molecule has 1 N–H and O–H groups in total. The fourth-order valence-electron chi connectivity index (χ4n) is 3.67. The molecule has 0 spiro atoms. The number of anilines is 1. The summed E-state index contributed by atoms with van der Waals surface area (Å²) in [6.07, 6.45) is 2.22. The number of hydrogen-bond donors (Lipinski definition) is 1. The number of nitrogens with one attached hydrogen (secondary N) is 1. The Bertz CT molecular complexity index is 1070. The van der Waals surface area contributed by atoms with Crippen molar-refractivity contribution in [3.8, 4) is 16.9 Å². The van der Waals surface area contributed by atoms with Crippen LogP contribution in [0.3, 0.4) is 0 Å². The second-order valence-electron chi connectivity index (χ2n) is 8.05. The molecule has 6 nitrogen and oxygen atoms in total. The topological polar surface area (TPSA) is 67.2 Å². The van der Waals surface area contributed by atoms with Gasteiger partial charge in [-0.15, -0.1) is 0 Å². The van der Waals surface area contributed by atoms with Crippen molar-refractivity contribution in [2.75, 3.05) is 18.4 Å². The quantitative estimate of drug-likeness (QED) is 0.509. The summed E-state index contributed by atoms with van der Waals surface area (Å²) in [7, 11) is 0. The standard InChI is InChI=1S/C26H32N4O2/c1-5-7-15-29(26(32)6-2)18-25(31)27-24-17-22(21-11-9-8-10-12-21)28-30(24)23-14-13-19(3)16-20(23)4/h8-14,16-17H,5-7,15,18H2,1-4H3,(H,27,31). The van der Waals surface area contributed by atoms with E-state index in [9.17, 15) is 9.59 Å². The first-order chi connectivity index (χ1) is 15.4. The molecule has 168 valence electrons. The molecule has 2 amide bonds. The van der Waals surface area contributed by atoms with Crippen LogP contribution >= 0.6 is 0 Å². The number of carbonyl (C=O) groups excluding carboxylic acids is 2. The lowest BCUT2D eigenvalue weighted by Crippen LogP contribution is -2.38. The normalized spacial score (nSPS) is 10.8. The van der Waals surface area contributed by atoms with E-state index in [-0.39, 0.29) is 18.4 Å². The average Bonchev–Trinajstić information content (AvgIpc) is 3.20. The summed E-state index contributed by atoms with van der Waals surface area (Å²) >= 11 is 0. The van der Waals surface area contributed by atoms with Crippen molar-refractivity contribution in [3.63, 3.8) is 0 Å². The number of unbranched alkanes of at least 4 members (excludes halogenated alkanes) is 1. The molecule has 0 saturated heterocycles. The second-order valence-corrected chi connectivity index (χ2v) is 8.05. The number of hydrogen-bond acceptors (Lipinski definition) is 3. The van der Waals surface area contributed by atoms with Gasteiger partial charge in [0.1, 0.15) is 5.82 Å². The summed E-state index contributed by atoms with van der Waals surface area (Å²) in [5.74, 6) is 0.343. The molecule has 0 radical (unpaired) electrons. The zero-order valence-corrected chi connectivity index (χ0v) is 19.4. The van der Waals surface area contributed by atoms with Crippen LogP contribution in [0, 0.1) is 13.8 Å². The van der Waals surface area contributed by atoms with E-state index in [0.717, 1.165) is 40.9 Å². The van der Waals surface area contributed by atoms with Crippen molar-refractivity contribution in [1.29, 1.82) is 0 Å². The summed E-state index contributed by atoms with van der Waals surface area (Å²) in [5.41, 5.74) is 4.87. The van der Waals surface area contributed by atoms with Gasteiger partial charge in [0.25, 0.3) is 0 Å². The average molecular weight is 433 g/mol. The summed E-state index contributed by atoms with van der Waals surface area (Å²) in [6, 6.07) is 17.9. The molecule has 2 aromatic carbocycles. The van der Waals surface area contributed by atoms with Gasteiger partial charge in [-0.2, -0.15) is 5.10 Å². The third-order valence-corrected chi connectivity index (χ3v) is 5.40. The van der Waals surface area contributed by atoms with E-state index in [0.29, 0.717) is 18.8 Å². The van der Waals surface area contributed by atoms with Gasteiger partial charge in [-0.3, -0.25) is 9.59 Å². The lowest BCUT2D eigenvalue weighted by molar-refractivity contribution is -0.134. The lowest BCUT2D eigenvalue weighted by atomic mass is 10.1. The van der Waals surface area contributed by atoms with E-state index in [1.54, 1.807) is 9.58 Å². The van der Waals surface area contributed by atoms with E-state index < -0.39 is 0 Å². The van der Waals surface area contributed by atoms with Crippen molar-refractivity contribution in [1.82, 2.24) is 14.7 Å². The van der Waals surface area contributed by atoms with Crippen molar-refractivity contribution in [2.45, 2.75) is 47.0 Å². The van der Waals surface area contributed by atoms with Crippen molar-refractivity contribution >= 4 is 17.6 Å². The molecular formula is C26H32N4O2. The second kappa shape index (κ2) is 10.8. The van der Waals surface area contributed by atoms with Crippen LogP contribution in [-0.4, -0.2) is 39.6 Å². The number of amides is 2. The van der Waals surface area contributed by atoms with Gasteiger partial charge < -0.3 is 10.2 Å². The van der Waals surface area contributed by atoms with E-state index in [4.69, 9.17) is 5.10 Å². The van der Waals surface area contributed by atoms with Crippen molar-refractivity contribution in [2.24, 2.45) is 0 Å². The van der Waals surface area contributed by atoms with Crippen LogP contribution in [0.4, 0.5) is 5.82 Å². The van der Waals surface area contributed by atoms with Gasteiger partial charge in [0.05, 0.1) is 17.9 Å². The van der Waals surface area contributed by atoms with Gasteiger partial charge in [0.2, 0.25) is 11.8 Å². The monoisotopic (exact) mass is 432 g/mol. The molecule has 0 unspecified atom stereocenters. The fraction of sp³-hybridized carbons (Fsp3) is 0.346. The first kappa shape index (κ1) is 23.3. The van der Waals surface area contributed by atoms with Gasteiger partial charge in [-0.1, -0.05) is 68.3 Å². The summed E-state index contributed by atoms with van der Waals surface area (Å²) in [5, 5.41) is 7.79. The first-order valence-corrected chi connectivity index (χ1v) is 11.2. The molecule has 0 aliphatic heterocycles. The predicted octanol–water partition coefficient (Wildman–Crippen LogP) is 5.13. The molecule has 0 aliphatic carbocycles. The Labute approximate surface area is 190 Å². The van der Waals surface area contributed by atoms with Crippen LogP contribution in [0.5, 0.6) is 0 Å². The molecule has 6 heteroatoms. The Morgan fingerprint density at radius 2 is 1.78 bits per heavy atom. The van der Waals surface area contributed by atoms with Crippen molar-refractivity contribution < 1.29 is 9.59 Å². The molecule has 0 bridgehead atoms. The van der Waals surface area contributed by atoms with E-state index in [2.05, 4.69) is 18.3 Å². The largest absolute Gasteiger partial charge is 0.333 e. The maximum Gasteiger partial charge on any atom is 0.245 e.